The number of nitro groups is 1. The number of hydrogen-bond acceptors (Lipinski definition) is 3. The van der Waals surface area contributed by atoms with Gasteiger partial charge in [0.05, 0.1) is 0 Å². The fraction of sp³-hybridized carbons (Fsp3) is 0.273. The quantitative estimate of drug-likeness (QED) is 0.446. The molecule has 0 amide bonds. The fourth-order valence-electron chi connectivity index (χ4n) is 0.915. The Morgan fingerprint density at radius 2 is 2.00 bits per heavy atom. The molecule has 4 nitrogen and oxygen atoms in total. The highest BCUT2D eigenvalue weighted by molar-refractivity contribution is 5.34. The molecule has 0 radical (unpaired) electrons. The van der Waals surface area contributed by atoms with E-state index in [2.05, 4.69) is 11.8 Å². The number of benzene rings is 1. The third-order valence-corrected chi connectivity index (χ3v) is 1.93. The average molecular weight is 205 g/mol. The maximum Gasteiger partial charge on any atom is 0.246 e. The lowest BCUT2D eigenvalue weighted by Gasteiger charge is -2.04. The Morgan fingerprint density at radius 1 is 1.40 bits per heavy atom. The summed E-state index contributed by atoms with van der Waals surface area (Å²) < 4.78 is 0. The minimum absolute atomic E-state index is 0.551. The van der Waals surface area contributed by atoms with Crippen LogP contribution in [0.15, 0.2) is 30.3 Å². The highest BCUT2D eigenvalue weighted by atomic mass is 16.6. The van der Waals surface area contributed by atoms with Gasteiger partial charge in [-0.2, -0.15) is 0 Å². The summed E-state index contributed by atoms with van der Waals surface area (Å²) in [5.41, 5.74) is 0.729. The Bertz CT molecular complexity index is 391. The van der Waals surface area contributed by atoms with E-state index in [0.29, 0.717) is 0 Å². The van der Waals surface area contributed by atoms with Crippen molar-refractivity contribution in [2.24, 2.45) is 0 Å². The number of hydrogen-bond donors (Lipinski definition) is 1. The molecule has 0 saturated carbocycles. The predicted molar refractivity (Wildman–Crippen MR) is 55.8 cm³/mol. The van der Waals surface area contributed by atoms with Gasteiger partial charge in [-0.25, -0.2) is 0 Å². The van der Waals surface area contributed by atoms with Gasteiger partial charge in [0.25, 0.3) is 0 Å². The summed E-state index contributed by atoms with van der Waals surface area (Å²) in [5.74, 6) is 5.12. The van der Waals surface area contributed by atoms with E-state index >= 15 is 0 Å². The van der Waals surface area contributed by atoms with Crippen molar-refractivity contribution in [1.82, 2.24) is 0 Å². The molecule has 1 N–H and O–H groups in total. The van der Waals surface area contributed by atoms with Gasteiger partial charge in [-0.05, 0) is 12.1 Å². The van der Waals surface area contributed by atoms with Gasteiger partial charge in [0, 0.05) is 17.4 Å². The highest BCUT2D eigenvalue weighted by Gasteiger charge is 2.21. The van der Waals surface area contributed by atoms with Crippen molar-refractivity contribution in [2.45, 2.75) is 19.1 Å². The molecule has 1 aromatic rings. The first-order chi connectivity index (χ1) is 7.11. The molecule has 0 bridgehead atoms. The molecular weight excluding hydrogens is 194 g/mol. The molecule has 0 aliphatic carbocycles. The SMILES string of the molecule is CC(C(O)C#Cc1ccccc1)[N+](=O)[O-]. The van der Waals surface area contributed by atoms with E-state index in [0.717, 1.165) is 5.56 Å². The lowest BCUT2D eigenvalue weighted by Crippen LogP contribution is -2.29. The third kappa shape index (κ3) is 3.41. The van der Waals surface area contributed by atoms with Crippen molar-refractivity contribution < 1.29 is 10.0 Å². The summed E-state index contributed by atoms with van der Waals surface area (Å²) in [6.45, 7) is 1.32. The molecule has 1 rings (SSSR count). The maximum atomic E-state index is 10.3. The van der Waals surface area contributed by atoms with Gasteiger partial charge in [0.1, 0.15) is 0 Å². The van der Waals surface area contributed by atoms with E-state index in [-0.39, 0.29) is 0 Å². The zero-order chi connectivity index (χ0) is 11.3. The van der Waals surface area contributed by atoms with Gasteiger partial charge >= 0.3 is 0 Å². The van der Waals surface area contributed by atoms with Crippen molar-refractivity contribution >= 4 is 0 Å². The topological polar surface area (TPSA) is 63.4 Å². The van der Waals surface area contributed by atoms with E-state index < -0.39 is 17.1 Å². The van der Waals surface area contributed by atoms with Gasteiger partial charge < -0.3 is 5.11 Å². The molecular formula is C11H11NO3. The maximum absolute atomic E-state index is 10.3. The smallest absolute Gasteiger partial charge is 0.246 e. The second kappa shape index (κ2) is 5.13. The zero-order valence-corrected chi connectivity index (χ0v) is 8.25. The molecule has 0 aliphatic rings. The monoisotopic (exact) mass is 205 g/mol. The summed E-state index contributed by atoms with van der Waals surface area (Å²) >= 11 is 0. The molecule has 0 aromatic heterocycles. The van der Waals surface area contributed by atoms with E-state index in [9.17, 15) is 15.2 Å². The van der Waals surface area contributed by atoms with Crippen LogP contribution in [-0.4, -0.2) is 22.2 Å². The number of nitrogens with zero attached hydrogens (tertiary/aromatic N) is 1. The lowest BCUT2D eigenvalue weighted by molar-refractivity contribution is -0.526. The summed E-state index contributed by atoms with van der Waals surface area (Å²) in [7, 11) is 0. The fourth-order valence-corrected chi connectivity index (χ4v) is 0.915. The van der Waals surface area contributed by atoms with Gasteiger partial charge in [-0.1, -0.05) is 30.0 Å². The molecule has 0 fully saturated rings. The number of rotatable bonds is 2. The van der Waals surface area contributed by atoms with E-state index in [4.69, 9.17) is 0 Å². The molecule has 2 unspecified atom stereocenters. The normalized spacial score (nSPS) is 13.5. The summed E-state index contributed by atoms with van der Waals surface area (Å²) in [4.78, 5) is 9.78. The molecule has 0 saturated heterocycles. The van der Waals surface area contributed by atoms with Crippen molar-refractivity contribution in [1.29, 1.82) is 0 Å². The molecule has 0 aliphatic heterocycles. The van der Waals surface area contributed by atoms with Crippen LogP contribution in [0.25, 0.3) is 0 Å². The molecule has 15 heavy (non-hydrogen) atoms. The van der Waals surface area contributed by atoms with Crippen LogP contribution in [0, 0.1) is 22.0 Å². The second-order valence-corrected chi connectivity index (χ2v) is 3.11. The molecule has 2 atom stereocenters. The third-order valence-electron chi connectivity index (χ3n) is 1.93. The van der Waals surface area contributed by atoms with Crippen LogP contribution in [0.1, 0.15) is 12.5 Å². The van der Waals surface area contributed by atoms with Crippen molar-refractivity contribution in [2.75, 3.05) is 0 Å². The van der Waals surface area contributed by atoms with Crippen LogP contribution in [0.4, 0.5) is 0 Å². The Kier molecular flexibility index (Phi) is 3.83. The predicted octanol–water partition coefficient (Wildman–Crippen LogP) is 1.06. The van der Waals surface area contributed by atoms with Crippen LogP contribution >= 0.6 is 0 Å². The van der Waals surface area contributed by atoms with Crippen molar-refractivity contribution in [3.05, 3.63) is 46.0 Å². The molecule has 1 aromatic carbocycles. The van der Waals surface area contributed by atoms with Gasteiger partial charge in [-0.15, -0.1) is 0 Å². The Labute approximate surface area is 87.7 Å². The first-order valence-corrected chi connectivity index (χ1v) is 4.49. The molecule has 0 spiro atoms. The van der Waals surface area contributed by atoms with E-state index in [1.54, 1.807) is 12.1 Å². The molecule has 78 valence electrons. The molecule has 0 heterocycles. The van der Waals surface area contributed by atoms with Crippen LogP contribution in [0.2, 0.25) is 0 Å². The van der Waals surface area contributed by atoms with Gasteiger partial charge in [0.2, 0.25) is 6.04 Å². The van der Waals surface area contributed by atoms with E-state index in [1.807, 2.05) is 18.2 Å². The minimum atomic E-state index is -1.24. The summed E-state index contributed by atoms with van der Waals surface area (Å²) in [6, 6.07) is 7.95. The van der Waals surface area contributed by atoms with Crippen molar-refractivity contribution in [3.63, 3.8) is 0 Å². The summed E-state index contributed by atoms with van der Waals surface area (Å²) in [6.07, 6.45) is -1.24. The summed E-state index contributed by atoms with van der Waals surface area (Å²) in [5, 5.41) is 19.7. The van der Waals surface area contributed by atoms with Crippen LogP contribution in [0.3, 0.4) is 0 Å². The molecule has 4 heteroatoms. The second-order valence-electron chi connectivity index (χ2n) is 3.11. The van der Waals surface area contributed by atoms with Crippen LogP contribution in [0.5, 0.6) is 0 Å². The largest absolute Gasteiger partial charge is 0.374 e. The van der Waals surface area contributed by atoms with Crippen LogP contribution in [-0.2, 0) is 0 Å². The average Bonchev–Trinajstić information content (AvgIpc) is 2.26. The van der Waals surface area contributed by atoms with Gasteiger partial charge in [-0.3, -0.25) is 10.1 Å². The number of aliphatic hydroxyl groups is 1. The Morgan fingerprint density at radius 3 is 2.53 bits per heavy atom. The lowest BCUT2D eigenvalue weighted by atomic mass is 10.1. The highest BCUT2D eigenvalue weighted by Crippen LogP contribution is 1.98. The van der Waals surface area contributed by atoms with Gasteiger partial charge in [0.15, 0.2) is 6.10 Å². The first-order valence-electron chi connectivity index (χ1n) is 4.49. The number of aliphatic hydroxyl groups excluding tert-OH is 1. The Hall–Kier alpha value is -1.86. The van der Waals surface area contributed by atoms with Crippen molar-refractivity contribution in [3.8, 4) is 11.8 Å². The standard InChI is InChI=1S/C11H11NO3/c1-9(12(14)15)11(13)8-7-10-5-3-2-4-6-10/h2-6,9,11,13H,1H3. The van der Waals surface area contributed by atoms with E-state index in [1.165, 1.54) is 6.92 Å². The first kappa shape index (κ1) is 11.2. The zero-order valence-electron chi connectivity index (χ0n) is 8.25. The Balaban J connectivity index is 2.70. The van der Waals surface area contributed by atoms with Crippen LogP contribution < -0.4 is 0 Å². The minimum Gasteiger partial charge on any atom is -0.374 e.